The monoisotopic (exact) mass is 265 g/mol. The Morgan fingerprint density at radius 1 is 1.29 bits per heavy atom. The Morgan fingerprint density at radius 2 is 2.18 bits per heavy atom. The molecule has 0 saturated heterocycles. The summed E-state index contributed by atoms with van der Waals surface area (Å²) in [6.45, 7) is 1.01. The molecule has 0 bridgehead atoms. The quantitative estimate of drug-likeness (QED) is 0.857. The predicted octanol–water partition coefficient (Wildman–Crippen LogP) is 4.14. The van der Waals surface area contributed by atoms with Crippen LogP contribution in [0.2, 0.25) is 5.02 Å². The van der Waals surface area contributed by atoms with E-state index in [4.69, 9.17) is 11.6 Å². The van der Waals surface area contributed by atoms with Gasteiger partial charge in [-0.1, -0.05) is 29.8 Å². The Balaban J connectivity index is 2.27. The summed E-state index contributed by atoms with van der Waals surface area (Å²) in [5, 5.41) is 6.16. The molecule has 1 aromatic carbocycles. The van der Waals surface area contributed by atoms with Gasteiger partial charge >= 0.3 is 0 Å². The third-order valence-electron chi connectivity index (χ3n) is 2.82. The lowest BCUT2D eigenvalue weighted by Gasteiger charge is -2.16. The maximum absolute atomic E-state index is 6.07. The molecular formula is C14H16ClNS. The molecule has 0 aliphatic rings. The summed E-state index contributed by atoms with van der Waals surface area (Å²) in [5.41, 5.74) is 1.30. The second-order valence-corrected chi connectivity index (χ2v) is 5.43. The van der Waals surface area contributed by atoms with Crippen LogP contribution in [-0.4, -0.2) is 13.6 Å². The van der Waals surface area contributed by atoms with Crippen molar-refractivity contribution in [2.75, 3.05) is 13.6 Å². The highest BCUT2D eigenvalue weighted by atomic mass is 35.5. The molecule has 0 aliphatic heterocycles. The zero-order chi connectivity index (χ0) is 12.1. The van der Waals surface area contributed by atoms with Crippen molar-refractivity contribution in [1.82, 2.24) is 5.32 Å². The molecular weight excluding hydrogens is 250 g/mol. The van der Waals surface area contributed by atoms with Gasteiger partial charge in [-0.05, 0) is 49.2 Å². The largest absolute Gasteiger partial charge is 0.320 e. The van der Waals surface area contributed by atoms with Crippen LogP contribution in [0.5, 0.6) is 0 Å². The van der Waals surface area contributed by atoms with Crippen LogP contribution >= 0.6 is 22.9 Å². The van der Waals surface area contributed by atoms with Gasteiger partial charge in [0, 0.05) is 15.8 Å². The first-order chi connectivity index (χ1) is 8.31. The summed E-state index contributed by atoms with van der Waals surface area (Å²) in [4.78, 5) is 1.41. The Hall–Kier alpha value is -0.830. The van der Waals surface area contributed by atoms with Gasteiger partial charge in [0.05, 0.1) is 0 Å². The summed E-state index contributed by atoms with van der Waals surface area (Å²) in [6.07, 6.45) is 1.09. The fourth-order valence-corrected chi connectivity index (χ4v) is 3.06. The predicted molar refractivity (Wildman–Crippen MR) is 76.2 cm³/mol. The molecule has 0 fully saturated rings. The molecule has 0 aliphatic carbocycles. The van der Waals surface area contributed by atoms with E-state index in [0.717, 1.165) is 18.0 Å². The molecule has 3 heteroatoms. The molecule has 17 heavy (non-hydrogen) atoms. The number of thiophene rings is 1. The molecule has 2 aromatic rings. The van der Waals surface area contributed by atoms with Gasteiger partial charge in [0.15, 0.2) is 0 Å². The van der Waals surface area contributed by atoms with E-state index in [-0.39, 0.29) is 0 Å². The molecule has 0 radical (unpaired) electrons. The minimum absolute atomic E-state index is 0.446. The minimum atomic E-state index is 0.446. The maximum atomic E-state index is 6.07. The summed E-state index contributed by atoms with van der Waals surface area (Å²) in [7, 11) is 1.99. The average molecular weight is 266 g/mol. The summed E-state index contributed by atoms with van der Waals surface area (Å²) >= 11 is 7.88. The number of hydrogen-bond donors (Lipinski definition) is 1. The van der Waals surface area contributed by atoms with E-state index in [1.807, 2.05) is 30.5 Å². The third kappa shape index (κ3) is 3.32. The van der Waals surface area contributed by atoms with Gasteiger partial charge in [0.2, 0.25) is 0 Å². The van der Waals surface area contributed by atoms with Crippen molar-refractivity contribution in [1.29, 1.82) is 0 Å². The molecule has 0 spiro atoms. The highest BCUT2D eigenvalue weighted by Crippen LogP contribution is 2.32. The Morgan fingerprint density at radius 3 is 2.82 bits per heavy atom. The first-order valence-corrected chi connectivity index (χ1v) is 7.00. The van der Waals surface area contributed by atoms with Crippen molar-refractivity contribution >= 4 is 22.9 Å². The zero-order valence-corrected chi connectivity index (χ0v) is 11.4. The molecule has 2 rings (SSSR count). The zero-order valence-electron chi connectivity index (χ0n) is 9.82. The molecule has 1 unspecified atom stereocenters. The lowest BCUT2D eigenvalue weighted by Crippen LogP contribution is -2.12. The van der Waals surface area contributed by atoms with Gasteiger partial charge in [-0.3, -0.25) is 0 Å². The minimum Gasteiger partial charge on any atom is -0.320 e. The van der Waals surface area contributed by atoms with Crippen LogP contribution < -0.4 is 5.32 Å². The fraction of sp³-hybridized carbons (Fsp3) is 0.286. The van der Waals surface area contributed by atoms with Crippen LogP contribution in [0, 0.1) is 0 Å². The van der Waals surface area contributed by atoms with Gasteiger partial charge in [-0.2, -0.15) is 0 Å². The van der Waals surface area contributed by atoms with E-state index in [2.05, 4.69) is 35.0 Å². The summed E-state index contributed by atoms with van der Waals surface area (Å²) < 4.78 is 0. The molecule has 1 heterocycles. The SMILES string of the molecule is CNCCC(c1cccc(Cl)c1)c1cccs1. The van der Waals surface area contributed by atoms with Crippen molar-refractivity contribution in [3.8, 4) is 0 Å². The van der Waals surface area contributed by atoms with Crippen molar-refractivity contribution < 1.29 is 0 Å². The number of benzene rings is 1. The molecule has 0 amide bonds. The molecule has 1 N–H and O–H groups in total. The van der Waals surface area contributed by atoms with Gasteiger partial charge in [-0.25, -0.2) is 0 Å². The number of halogens is 1. The van der Waals surface area contributed by atoms with Crippen LogP contribution in [-0.2, 0) is 0 Å². The summed E-state index contributed by atoms with van der Waals surface area (Å²) in [5.74, 6) is 0.446. The first kappa shape index (κ1) is 12.6. The normalized spacial score (nSPS) is 12.6. The highest BCUT2D eigenvalue weighted by Gasteiger charge is 2.14. The average Bonchev–Trinajstić information content (AvgIpc) is 2.83. The number of hydrogen-bond acceptors (Lipinski definition) is 2. The molecule has 1 aromatic heterocycles. The van der Waals surface area contributed by atoms with Crippen LogP contribution in [0.25, 0.3) is 0 Å². The fourth-order valence-electron chi connectivity index (χ4n) is 1.97. The molecule has 90 valence electrons. The Kier molecular flexibility index (Phi) is 4.60. The van der Waals surface area contributed by atoms with Crippen LogP contribution in [0.1, 0.15) is 22.8 Å². The standard InChI is InChI=1S/C14H16ClNS/c1-16-8-7-13(14-6-3-9-17-14)11-4-2-5-12(15)10-11/h2-6,9-10,13,16H,7-8H2,1H3. The smallest absolute Gasteiger partial charge is 0.0408 e. The van der Waals surface area contributed by atoms with Crippen molar-refractivity contribution in [2.24, 2.45) is 0 Å². The number of nitrogens with one attached hydrogen (secondary N) is 1. The van der Waals surface area contributed by atoms with E-state index in [9.17, 15) is 0 Å². The Bertz CT molecular complexity index is 453. The van der Waals surface area contributed by atoms with E-state index < -0.39 is 0 Å². The van der Waals surface area contributed by atoms with Gasteiger partial charge < -0.3 is 5.32 Å². The first-order valence-electron chi connectivity index (χ1n) is 5.74. The van der Waals surface area contributed by atoms with Crippen molar-refractivity contribution in [3.63, 3.8) is 0 Å². The maximum Gasteiger partial charge on any atom is 0.0408 e. The third-order valence-corrected chi connectivity index (χ3v) is 4.04. The molecule has 0 saturated carbocycles. The summed E-state index contributed by atoms with van der Waals surface area (Å²) in [6, 6.07) is 12.5. The molecule has 1 atom stereocenters. The lowest BCUT2D eigenvalue weighted by molar-refractivity contribution is 0.668. The number of rotatable bonds is 5. The van der Waals surface area contributed by atoms with Crippen LogP contribution in [0.15, 0.2) is 41.8 Å². The van der Waals surface area contributed by atoms with Gasteiger partial charge in [-0.15, -0.1) is 11.3 Å². The second kappa shape index (κ2) is 6.20. The van der Waals surface area contributed by atoms with E-state index >= 15 is 0 Å². The van der Waals surface area contributed by atoms with E-state index in [1.54, 1.807) is 0 Å². The van der Waals surface area contributed by atoms with Crippen molar-refractivity contribution in [3.05, 3.63) is 57.2 Å². The van der Waals surface area contributed by atoms with Crippen LogP contribution in [0.3, 0.4) is 0 Å². The lowest BCUT2D eigenvalue weighted by atomic mass is 9.94. The van der Waals surface area contributed by atoms with E-state index in [1.165, 1.54) is 10.4 Å². The van der Waals surface area contributed by atoms with Crippen molar-refractivity contribution in [2.45, 2.75) is 12.3 Å². The second-order valence-electron chi connectivity index (χ2n) is 4.02. The van der Waals surface area contributed by atoms with E-state index in [0.29, 0.717) is 5.92 Å². The van der Waals surface area contributed by atoms with Gasteiger partial charge in [0.1, 0.15) is 0 Å². The van der Waals surface area contributed by atoms with Gasteiger partial charge in [0.25, 0.3) is 0 Å². The topological polar surface area (TPSA) is 12.0 Å². The molecule has 1 nitrogen and oxygen atoms in total. The highest BCUT2D eigenvalue weighted by molar-refractivity contribution is 7.10. The Labute approximate surface area is 111 Å². The van der Waals surface area contributed by atoms with Crippen LogP contribution in [0.4, 0.5) is 0 Å².